The molecular weight excluding hydrogens is 472 g/mol. The summed E-state index contributed by atoms with van der Waals surface area (Å²) in [7, 11) is 0. The lowest BCUT2D eigenvalue weighted by Gasteiger charge is -2.14. The third-order valence-electron chi connectivity index (χ3n) is 5.43. The fraction of sp³-hybridized carbons (Fsp3) is 0.280. The average molecular weight is 497 g/mol. The normalized spacial score (nSPS) is 15.8. The Bertz CT molecular complexity index is 1160. The van der Waals surface area contributed by atoms with Crippen molar-refractivity contribution in [3.05, 3.63) is 58.5 Å². The Hall–Kier alpha value is -3.17. The number of thioether (sulfide) groups is 1. The number of nitrogens with zero attached hydrogens (tertiary/aromatic N) is 1. The van der Waals surface area contributed by atoms with Gasteiger partial charge in [0, 0.05) is 24.2 Å². The number of hydrogen-bond acceptors (Lipinski definition) is 7. The minimum atomic E-state index is -0.0978. The second-order valence-electron chi connectivity index (χ2n) is 7.94. The highest BCUT2D eigenvalue weighted by atomic mass is 32.2. The van der Waals surface area contributed by atoms with Crippen LogP contribution in [0.4, 0.5) is 5.69 Å². The van der Waals surface area contributed by atoms with E-state index in [9.17, 15) is 14.4 Å². The summed E-state index contributed by atoms with van der Waals surface area (Å²) < 4.78 is 11.3. The molecule has 2 aromatic rings. The van der Waals surface area contributed by atoms with Gasteiger partial charge in [0.2, 0.25) is 12.7 Å². The lowest BCUT2D eigenvalue weighted by Crippen LogP contribution is -2.29. The van der Waals surface area contributed by atoms with Gasteiger partial charge in [0.05, 0.1) is 4.91 Å². The molecule has 2 amide bonds. The number of thiocarbonyl (C=S) groups is 1. The number of ether oxygens (including phenoxy) is 2. The molecule has 0 aliphatic carbocycles. The maximum absolute atomic E-state index is 12.8. The zero-order valence-corrected chi connectivity index (χ0v) is 20.3. The van der Waals surface area contributed by atoms with Crippen LogP contribution in [0.1, 0.15) is 48.5 Å². The highest BCUT2D eigenvalue weighted by molar-refractivity contribution is 8.26. The molecule has 1 N–H and O–H groups in total. The van der Waals surface area contributed by atoms with E-state index in [0.29, 0.717) is 51.4 Å². The van der Waals surface area contributed by atoms with E-state index in [1.807, 2.05) is 24.3 Å². The number of carbonyl (C=O) groups is 3. The summed E-state index contributed by atoms with van der Waals surface area (Å²) in [6.45, 7) is 2.24. The number of fused-ring (bicyclic) bond motifs is 1. The minimum Gasteiger partial charge on any atom is -0.454 e. The molecule has 4 rings (SSSR count). The van der Waals surface area contributed by atoms with Gasteiger partial charge >= 0.3 is 0 Å². The summed E-state index contributed by atoms with van der Waals surface area (Å²) in [6.07, 6.45) is 4.46. The summed E-state index contributed by atoms with van der Waals surface area (Å²) in [5.41, 5.74) is 2.13. The molecule has 2 aliphatic heterocycles. The number of rotatable bonds is 9. The Kier molecular flexibility index (Phi) is 7.64. The molecule has 1 fully saturated rings. The molecule has 1 saturated heterocycles. The summed E-state index contributed by atoms with van der Waals surface area (Å²) >= 11 is 6.70. The van der Waals surface area contributed by atoms with Crippen LogP contribution in [-0.2, 0) is 9.59 Å². The fourth-order valence-electron chi connectivity index (χ4n) is 3.59. The van der Waals surface area contributed by atoms with Gasteiger partial charge in [-0.15, -0.1) is 0 Å². The Morgan fingerprint density at radius 2 is 1.85 bits per heavy atom. The van der Waals surface area contributed by atoms with Gasteiger partial charge in [-0.05, 0) is 67.8 Å². The third-order valence-corrected chi connectivity index (χ3v) is 6.81. The molecule has 7 nitrogen and oxygen atoms in total. The van der Waals surface area contributed by atoms with Gasteiger partial charge in [-0.25, -0.2) is 0 Å². The van der Waals surface area contributed by atoms with Crippen LogP contribution >= 0.6 is 24.0 Å². The van der Waals surface area contributed by atoms with E-state index in [4.69, 9.17) is 21.7 Å². The fourth-order valence-corrected chi connectivity index (χ4v) is 4.90. The molecule has 0 unspecified atom stereocenters. The molecule has 0 saturated carbocycles. The van der Waals surface area contributed by atoms with Crippen LogP contribution < -0.4 is 14.8 Å². The second kappa shape index (κ2) is 10.8. The van der Waals surface area contributed by atoms with Crippen molar-refractivity contribution >= 4 is 57.7 Å². The van der Waals surface area contributed by atoms with E-state index in [1.54, 1.807) is 29.2 Å². The van der Waals surface area contributed by atoms with Crippen LogP contribution in [-0.4, -0.2) is 40.2 Å². The summed E-state index contributed by atoms with van der Waals surface area (Å²) in [4.78, 5) is 38.5. The molecule has 0 radical (unpaired) electrons. The van der Waals surface area contributed by atoms with Gasteiger partial charge in [-0.2, -0.15) is 0 Å². The molecule has 176 valence electrons. The first-order valence-electron chi connectivity index (χ1n) is 11.0. The largest absolute Gasteiger partial charge is 0.454 e. The van der Waals surface area contributed by atoms with Crippen LogP contribution in [0.5, 0.6) is 11.5 Å². The van der Waals surface area contributed by atoms with Crippen LogP contribution in [0, 0.1) is 0 Å². The van der Waals surface area contributed by atoms with E-state index in [2.05, 4.69) is 5.32 Å². The number of anilines is 1. The van der Waals surface area contributed by atoms with Crippen molar-refractivity contribution in [1.29, 1.82) is 0 Å². The molecule has 34 heavy (non-hydrogen) atoms. The van der Waals surface area contributed by atoms with Crippen LogP contribution in [0.25, 0.3) is 6.08 Å². The van der Waals surface area contributed by atoms with E-state index in [1.165, 1.54) is 18.7 Å². The molecule has 0 spiro atoms. The number of hydrogen-bond donors (Lipinski definition) is 1. The first-order valence-corrected chi connectivity index (χ1v) is 12.2. The van der Waals surface area contributed by atoms with Gasteiger partial charge < -0.3 is 14.8 Å². The average Bonchev–Trinajstić information content (AvgIpc) is 3.38. The molecule has 9 heteroatoms. The van der Waals surface area contributed by atoms with Crippen LogP contribution in [0.2, 0.25) is 0 Å². The summed E-state index contributed by atoms with van der Waals surface area (Å²) in [5.74, 6) is 1.18. The number of benzene rings is 2. The SMILES string of the molecule is CC(=O)c1ccc(NC(=O)CCCCCN2C(=O)/C(=C/c3ccc4c(c3)OCO4)SC2=S)cc1. The highest BCUT2D eigenvalue weighted by Gasteiger charge is 2.31. The van der Waals surface area contributed by atoms with Gasteiger partial charge in [0.15, 0.2) is 17.3 Å². The zero-order chi connectivity index (χ0) is 24.1. The van der Waals surface area contributed by atoms with Gasteiger partial charge in [-0.3, -0.25) is 19.3 Å². The number of nitrogens with one attached hydrogen (secondary N) is 1. The Morgan fingerprint density at radius 3 is 2.62 bits per heavy atom. The van der Waals surface area contributed by atoms with Crippen molar-refractivity contribution in [1.82, 2.24) is 4.90 Å². The van der Waals surface area contributed by atoms with Crippen LogP contribution in [0.3, 0.4) is 0 Å². The molecule has 2 heterocycles. The van der Waals surface area contributed by atoms with E-state index in [0.717, 1.165) is 18.4 Å². The van der Waals surface area contributed by atoms with Crippen molar-refractivity contribution in [3.63, 3.8) is 0 Å². The highest BCUT2D eigenvalue weighted by Crippen LogP contribution is 2.36. The number of ketones is 1. The first kappa shape index (κ1) is 24.0. The van der Waals surface area contributed by atoms with Crippen molar-refractivity contribution in [2.45, 2.75) is 32.6 Å². The summed E-state index contributed by atoms with van der Waals surface area (Å²) in [6, 6.07) is 12.4. The van der Waals surface area contributed by atoms with Crippen LogP contribution in [0.15, 0.2) is 47.4 Å². The maximum Gasteiger partial charge on any atom is 0.266 e. The molecular formula is C25H24N2O5S2. The second-order valence-corrected chi connectivity index (χ2v) is 9.61. The predicted octanol–water partition coefficient (Wildman–Crippen LogP) is 5.02. The molecule has 0 atom stereocenters. The Morgan fingerprint density at radius 1 is 1.09 bits per heavy atom. The first-order chi connectivity index (χ1) is 16.4. The van der Waals surface area contributed by atoms with Gasteiger partial charge in [0.25, 0.3) is 5.91 Å². The van der Waals surface area contributed by atoms with Crippen molar-refractivity contribution in [2.24, 2.45) is 0 Å². The van der Waals surface area contributed by atoms with Gasteiger partial charge in [-0.1, -0.05) is 36.5 Å². The number of amides is 2. The third kappa shape index (κ3) is 5.84. The molecule has 2 aromatic carbocycles. The van der Waals surface area contributed by atoms with Crippen molar-refractivity contribution in [2.75, 3.05) is 18.7 Å². The van der Waals surface area contributed by atoms with Gasteiger partial charge in [0.1, 0.15) is 4.32 Å². The molecule has 2 aliphatic rings. The molecule has 0 bridgehead atoms. The van der Waals surface area contributed by atoms with E-state index >= 15 is 0 Å². The maximum atomic E-state index is 12.8. The smallest absolute Gasteiger partial charge is 0.266 e. The minimum absolute atomic E-state index is 0.0113. The van der Waals surface area contributed by atoms with Crippen molar-refractivity contribution in [3.8, 4) is 11.5 Å². The zero-order valence-electron chi connectivity index (χ0n) is 18.7. The van der Waals surface area contributed by atoms with Crippen molar-refractivity contribution < 1.29 is 23.9 Å². The predicted molar refractivity (Wildman–Crippen MR) is 136 cm³/mol. The number of carbonyl (C=O) groups excluding carboxylic acids is 3. The molecule has 0 aromatic heterocycles. The summed E-state index contributed by atoms with van der Waals surface area (Å²) in [5, 5.41) is 2.84. The van der Waals surface area contributed by atoms with E-state index in [-0.39, 0.29) is 24.4 Å². The standard InChI is InChI=1S/C25H24N2O5S2/c1-16(28)18-7-9-19(10-8-18)26-23(29)5-3-2-4-12-27-24(30)22(34-25(27)33)14-17-6-11-20-21(13-17)32-15-31-20/h6-11,13-14H,2-5,12,15H2,1H3,(H,26,29)/b22-14-. The topological polar surface area (TPSA) is 84.9 Å². The van der Waals surface area contributed by atoms with E-state index < -0.39 is 0 Å². The monoisotopic (exact) mass is 496 g/mol. The quantitative estimate of drug-likeness (QED) is 0.226. The number of Topliss-reactive ketones (excluding diaryl/α,β-unsaturated/α-hetero) is 1. The lowest BCUT2D eigenvalue weighted by molar-refractivity contribution is -0.122. The number of unbranched alkanes of at least 4 members (excludes halogenated alkanes) is 2. The Balaban J connectivity index is 1.20. The Labute approximate surface area is 207 Å². The lowest BCUT2D eigenvalue weighted by atomic mass is 10.1.